The van der Waals surface area contributed by atoms with Gasteiger partial charge in [0.15, 0.2) is 0 Å². The van der Waals surface area contributed by atoms with Crippen molar-refractivity contribution in [1.29, 1.82) is 0 Å². The molecular formula is C20H18N2O5. The molecule has 0 aliphatic carbocycles. The SMILES string of the molecule is COc1ccc(/C=C2\C(=O)N(c3ccc(C(=O)O)cc3)N=C2C)c(OC)c1. The molecule has 0 spiro atoms. The lowest BCUT2D eigenvalue weighted by Gasteiger charge is -2.12. The van der Waals surface area contributed by atoms with Crippen LogP contribution in [0.3, 0.4) is 0 Å². The first kappa shape index (κ1) is 18.2. The lowest BCUT2D eigenvalue weighted by atomic mass is 10.1. The Morgan fingerprint density at radius 2 is 1.81 bits per heavy atom. The Hall–Kier alpha value is -3.61. The van der Waals surface area contributed by atoms with Gasteiger partial charge in [0, 0.05) is 11.6 Å². The second-order valence-corrected chi connectivity index (χ2v) is 5.82. The number of hydrogen-bond donors (Lipinski definition) is 1. The summed E-state index contributed by atoms with van der Waals surface area (Å²) in [6, 6.07) is 11.3. The molecule has 0 radical (unpaired) electrons. The molecule has 0 bridgehead atoms. The highest BCUT2D eigenvalue weighted by Gasteiger charge is 2.29. The molecule has 2 aromatic rings. The van der Waals surface area contributed by atoms with Gasteiger partial charge in [-0.25, -0.2) is 4.79 Å². The molecule has 1 aliphatic rings. The number of amides is 1. The van der Waals surface area contributed by atoms with Gasteiger partial charge in [0.05, 0.1) is 36.8 Å². The average Bonchev–Trinajstić information content (AvgIpc) is 2.96. The molecule has 1 heterocycles. The second kappa shape index (κ2) is 7.33. The molecule has 2 aromatic carbocycles. The summed E-state index contributed by atoms with van der Waals surface area (Å²) < 4.78 is 10.6. The van der Waals surface area contributed by atoms with Crippen LogP contribution in [0.25, 0.3) is 6.08 Å². The van der Waals surface area contributed by atoms with Gasteiger partial charge in [-0.1, -0.05) is 0 Å². The number of nitrogens with zero attached hydrogens (tertiary/aromatic N) is 2. The quantitative estimate of drug-likeness (QED) is 0.821. The summed E-state index contributed by atoms with van der Waals surface area (Å²) in [5.41, 5.74) is 2.35. The van der Waals surface area contributed by atoms with E-state index in [-0.39, 0.29) is 11.5 Å². The van der Waals surface area contributed by atoms with Gasteiger partial charge in [-0.15, -0.1) is 0 Å². The fourth-order valence-corrected chi connectivity index (χ4v) is 2.70. The number of methoxy groups -OCH3 is 2. The lowest BCUT2D eigenvalue weighted by molar-refractivity contribution is -0.114. The van der Waals surface area contributed by atoms with E-state index in [1.54, 1.807) is 57.6 Å². The summed E-state index contributed by atoms with van der Waals surface area (Å²) in [4.78, 5) is 23.8. The van der Waals surface area contributed by atoms with Crippen LogP contribution < -0.4 is 14.5 Å². The van der Waals surface area contributed by atoms with Crippen molar-refractivity contribution >= 4 is 29.4 Å². The smallest absolute Gasteiger partial charge is 0.335 e. The Kier molecular flexibility index (Phi) is 4.94. The van der Waals surface area contributed by atoms with Crippen molar-refractivity contribution in [2.45, 2.75) is 6.92 Å². The zero-order chi connectivity index (χ0) is 19.6. The third-order valence-corrected chi connectivity index (χ3v) is 4.16. The minimum Gasteiger partial charge on any atom is -0.497 e. The van der Waals surface area contributed by atoms with Gasteiger partial charge in [0.1, 0.15) is 11.5 Å². The maximum Gasteiger partial charge on any atom is 0.335 e. The summed E-state index contributed by atoms with van der Waals surface area (Å²) in [6.45, 7) is 1.74. The van der Waals surface area contributed by atoms with Crippen LogP contribution in [0.15, 0.2) is 53.1 Å². The van der Waals surface area contributed by atoms with Gasteiger partial charge in [-0.2, -0.15) is 10.1 Å². The molecule has 0 saturated carbocycles. The predicted octanol–water partition coefficient (Wildman–Crippen LogP) is 3.21. The third kappa shape index (κ3) is 3.52. The first-order chi connectivity index (χ1) is 12.9. The zero-order valence-electron chi connectivity index (χ0n) is 15.1. The second-order valence-electron chi connectivity index (χ2n) is 5.82. The molecule has 1 N–H and O–H groups in total. The zero-order valence-corrected chi connectivity index (χ0v) is 15.1. The molecule has 7 nitrogen and oxygen atoms in total. The van der Waals surface area contributed by atoms with Crippen LogP contribution in [-0.4, -0.2) is 36.9 Å². The summed E-state index contributed by atoms with van der Waals surface area (Å²) >= 11 is 0. The molecule has 1 amide bonds. The predicted molar refractivity (Wildman–Crippen MR) is 102 cm³/mol. The summed E-state index contributed by atoms with van der Waals surface area (Å²) in [6.07, 6.45) is 1.71. The fourth-order valence-electron chi connectivity index (χ4n) is 2.70. The molecule has 3 rings (SSSR count). The van der Waals surface area contributed by atoms with Crippen LogP contribution >= 0.6 is 0 Å². The Balaban J connectivity index is 1.93. The Labute approximate surface area is 156 Å². The van der Waals surface area contributed by atoms with E-state index in [1.807, 2.05) is 0 Å². The number of rotatable bonds is 5. The first-order valence-corrected chi connectivity index (χ1v) is 8.11. The lowest BCUT2D eigenvalue weighted by Crippen LogP contribution is -2.21. The van der Waals surface area contributed by atoms with E-state index in [4.69, 9.17) is 14.6 Å². The van der Waals surface area contributed by atoms with Crippen molar-refractivity contribution in [3.63, 3.8) is 0 Å². The van der Waals surface area contributed by atoms with Gasteiger partial charge in [0.25, 0.3) is 5.91 Å². The highest BCUT2D eigenvalue weighted by molar-refractivity contribution is 6.32. The van der Waals surface area contributed by atoms with Crippen LogP contribution in [0.4, 0.5) is 5.69 Å². The number of ether oxygens (including phenoxy) is 2. The highest BCUT2D eigenvalue weighted by Crippen LogP contribution is 2.30. The molecular weight excluding hydrogens is 348 g/mol. The average molecular weight is 366 g/mol. The van der Waals surface area contributed by atoms with Gasteiger partial charge in [-0.3, -0.25) is 4.79 Å². The molecule has 0 saturated heterocycles. The monoisotopic (exact) mass is 366 g/mol. The highest BCUT2D eigenvalue weighted by atomic mass is 16.5. The van der Waals surface area contributed by atoms with Crippen molar-refractivity contribution in [3.05, 3.63) is 59.2 Å². The van der Waals surface area contributed by atoms with Crippen LogP contribution in [0.1, 0.15) is 22.8 Å². The van der Waals surface area contributed by atoms with Crippen molar-refractivity contribution in [2.75, 3.05) is 19.2 Å². The van der Waals surface area contributed by atoms with E-state index in [0.29, 0.717) is 28.5 Å². The number of carbonyl (C=O) groups is 2. The topological polar surface area (TPSA) is 88.4 Å². The Morgan fingerprint density at radius 3 is 2.41 bits per heavy atom. The Morgan fingerprint density at radius 1 is 1.11 bits per heavy atom. The number of aromatic carboxylic acids is 1. The van der Waals surface area contributed by atoms with Crippen molar-refractivity contribution in [1.82, 2.24) is 0 Å². The van der Waals surface area contributed by atoms with E-state index >= 15 is 0 Å². The summed E-state index contributed by atoms with van der Waals surface area (Å²) in [7, 11) is 3.11. The van der Waals surface area contributed by atoms with E-state index in [2.05, 4.69) is 5.10 Å². The molecule has 27 heavy (non-hydrogen) atoms. The summed E-state index contributed by atoms with van der Waals surface area (Å²) in [5, 5.41) is 14.5. The van der Waals surface area contributed by atoms with E-state index in [9.17, 15) is 9.59 Å². The first-order valence-electron chi connectivity index (χ1n) is 8.11. The fraction of sp³-hybridized carbons (Fsp3) is 0.150. The van der Waals surface area contributed by atoms with Crippen LogP contribution in [0.2, 0.25) is 0 Å². The third-order valence-electron chi connectivity index (χ3n) is 4.16. The Bertz CT molecular complexity index is 961. The largest absolute Gasteiger partial charge is 0.497 e. The molecule has 138 valence electrons. The minimum absolute atomic E-state index is 0.143. The molecule has 0 fully saturated rings. The molecule has 1 aliphatic heterocycles. The van der Waals surface area contributed by atoms with Crippen molar-refractivity contribution < 1.29 is 24.2 Å². The minimum atomic E-state index is -1.03. The van der Waals surface area contributed by atoms with E-state index < -0.39 is 5.97 Å². The normalized spacial score (nSPS) is 15.1. The number of carboxylic acid groups (broad SMARTS) is 1. The number of carbonyl (C=O) groups excluding carboxylic acids is 1. The summed E-state index contributed by atoms with van der Waals surface area (Å²) in [5.74, 6) is -0.0985. The van der Waals surface area contributed by atoms with Crippen LogP contribution in [0.5, 0.6) is 11.5 Å². The van der Waals surface area contributed by atoms with Gasteiger partial charge < -0.3 is 14.6 Å². The van der Waals surface area contributed by atoms with Crippen LogP contribution in [-0.2, 0) is 4.79 Å². The molecule has 0 aromatic heterocycles. The molecule has 0 unspecified atom stereocenters. The standard InChI is InChI=1S/C20H18N2O5/c1-12-17(10-14-6-9-16(26-2)11-18(14)27-3)19(23)22(21-12)15-7-4-13(5-8-15)20(24)25/h4-11H,1-3H3,(H,24,25)/b17-10-. The number of anilines is 1. The van der Waals surface area contributed by atoms with Crippen molar-refractivity contribution in [3.8, 4) is 11.5 Å². The van der Waals surface area contributed by atoms with Gasteiger partial charge in [-0.05, 0) is 49.4 Å². The molecule has 0 atom stereocenters. The number of benzene rings is 2. The van der Waals surface area contributed by atoms with Crippen LogP contribution in [0, 0.1) is 0 Å². The van der Waals surface area contributed by atoms with Gasteiger partial charge in [0.2, 0.25) is 0 Å². The van der Waals surface area contributed by atoms with Crippen molar-refractivity contribution in [2.24, 2.45) is 5.10 Å². The van der Waals surface area contributed by atoms with E-state index in [0.717, 1.165) is 5.56 Å². The van der Waals surface area contributed by atoms with Gasteiger partial charge >= 0.3 is 5.97 Å². The van der Waals surface area contributed by atoms with E-state index in [1.165, 1.54) is 17.1 Å². The maximum atomic E-state index is 12.8. The number of hydrazone groups is 1. The number of carboxylic acids is 1. The number of hydrogen-bond acceptors (Lipinski definition) is 5. The maximum absolute atomic E-state index is 12.8. The molecule has 7 heteroatoms.